The summed E-state index contributed by atoms with van der Waals surface area (Å²) in [5.41, 5.74) is 4.12. The summed E-state index contributed by atoms with van der Waals surface area (Å²) in [4.78, 5) is 32.4. The molecule has 0 spiro atoms. The van der Waals surface area contributed by atoms with Crippen LogP contribution in [0.4, 0.5) is 5.69 Å². The number of anilines is 1. The number of amides is 1. The third kappa shape index (κ3) is 3.54. The van der Waals surface area contributed by atoms with Crippen molar-refractivity contribution in [1.82, 2.24) is 4.98 Å². The van der Waals surface area contributed by atoms with Crippen LogP contribution in [0.3, 0.4) is 0 Å². The second-order valence-electron chi connectivity index (χ2n) is 7.89. The Balaban J connectivity index is 1.97. The molecule has 0 aliphatic carbocycles. The van der Waals surface area contributed by atoms with Gasteiger partial charge in [0, 0.05) is 17.4 Å². The topological polar surface area (TPSA) is 79.7 Å². The van der Waals surface area contributed by atoms with Crippen LogP contribution in [0.1, 0.15) is 34.0 Å². The molecule has 2 heterocycles. The quantitative estimate of drug-likeness (QED) is 0.372. The minimum Gasteiger partial charge on any atom is -0.507 e. The number of aliphatic hydroxyl groups is 1. The molecular formula is C26H24N2O4. The minimum atomic E-state index is -0.849. The summed E-state index contributed by atoms with van der Waals surface area (Å²) in [7, 11) is 1.56. The van der Waals surface area contributed by atoms with Crippen LogP contribution in [0.15, 0.2) is 66.4 Å². The van der Waals surface area contributed by atoms with Crippen molar-refractivity contribution in [2.75, 3.05) is 12.0 Å². The van der Waals surface area contributed by atoms with Crippen LogP contribution in [0.2, 0.25) is 0 Å². The van der Waals surface area contributed by atoms with Gasteiger partial charge in [0.1, 0.15) is 17.6 Å². The molecule has 6 nitrogen and oxygen atoms in total. The van der Waals surface area contributed by atoms with Gasteiger partial charge in [-0.15, -0.1) is 0 Å². The molecule has 0 bridgehead atoms. The summed E-state index contributed by atoms with van der Waals surface area (Å²) in [5, 5.41) is 11.3. The fourth-order valence-corrected chi connectivity index (χ4v) is 4.05. The third-order valence-corrected chi connectivity index (χ3v) is 5.73. The predicted octanol–water partition coefficient (Wildman–Crippen LogP) is 4.64. The number of nitrogens with zero attached hydrogens (tertiary/aromatic N) is 2. The number of methoxy groups -OCH3 is 1. The summed E-state index contributed by atoms with van der Waals surface area (Å²) in [5.74, 6) is -1.03. The zero-order valence-corrected chi connectivity index (χ0v) is 18.4. The van der Waals surface area contributed by atoms with Crippen LogP contribution < -0.4 is 9.64 Å². The number of ketones is 1. The maximum absolute atomic E-state index is 13.3. The number of benzene rings is 2. The standard InChI is InChI=1S/C26H24N2O4/c1-15-8-9-16(2)21(13-15)28-23(20-7-5-6-12-27-20)22(25(30)26(28)31)24(29)19-11-10-18(32-4)14-17(19)3/h5-14,23,29H,1-4H3/b24-22-. The van der Waals surface area contributed by atoms with E-state index in [1.165, 1.54) is 4.90 Å². The van der Waals surface area contributed by atoms with Gasteiger partial charge < -0.3 is 9.84 Å². The molecule has 1 N–H and O–H groups in total. The van der Waals surface area contributed by atoms with Crippen LogP contribution in [-0.4, -0.2) is 28.9 Å². The highest BCUT2D eigenvalue weighted by molar-refractivity contribution is 6.51. The van der Waals surface area contributed by atoms with Gasteiger partial charge in [0.2, 0.25) is 0 Å². The largest absolute Gasteiger partial charge is 0.507 e. The van der Waals surface area contributed by atoms with E-state index in [9.17, 15) is 14.7 Å². The van der Waals surface area contributed by atoms with Crippen LogP contribution in [-0.2, 0) is 9.59 Å². The lowest BCUT2D eigenvalue weighted by Crippen LogP contribution is -2.30. The molecule has 1 atom stereocenters. The molecule has 1 unspecified atom stereocenters. The molecule has 32 heavy (non-hydrogen) atoms. The summed E-state index contributed by atoms with van der Waals surface area (Å²) in [6.45, 7) is 5.63. The van der Waals surface area contributed by atoms with Gasteiger partial charge in [0.15, 0.2) is 0 Å². The molecule has 0 radical (unpaired) electrons. The zero-order valence-electron chi connectivity index (χ0n) is 18.4. The number of carbonyl (C=O) groups is 2. The molecule has 162 valence electrons. The van der Waals surface area contributed by atoms with Crippen molar-refractivity contribution in [2.45, 2.75) is 26.8 Å². The Labute approximate surface area is 186 Å². The average molecular weight is 428 g/mol. The molecule has 2 aromatic carbocycles. The normalized spacial score (nSPS) is 17.6. The van der Waals surface area contributed by atoms with Gasteiger partial charge in [-0.1, -0.05) is 18.2 Å². The van der Waals surface area contributed by atoms with E-state index in [2.05, 4.69) is 4.98 Å². The lowest BCUT2D eigenvalue weighted by atomic mass is 9.96. The molecule has 1 aliphatic heterocycles. The number of aryl methyl sites for hydroxylation is 3. The van der Waals surface area contributed by atoms with Gasteiger partial charge in [-0.3, -0.25) is 19.5 Å². The number of rotatable bonds is 4. The van der Waals surface area contributed by atoms with Crippen LogP contribution in [0, 0.1) is 20.8 Å². The minimum absolute atomic E-state index is 0.0165. The van der Waals surface area contributed by atoms with Crippen LogP contribution in [0.5, 0.6) is 5.75 Å². The van der Waals surface area contributed by atoms with Crippen molar-refractivity contribution in [2.24, 2.45) is 0 Å². The summed E-state index contributed by atoms with van der Waals surface area (Å²) in [6.07, 6.45) is 1.61. The van der Waals surface area contributed by atoms with E-state index in [4.69, 9.17) is 4.74 Å². The monoisotopic (exact) mass is 428 g/mol. The molecule has 1 aliphatic rings. The van der Waals surface area contributed by atoms with Gasteiger partial charge >= 0.3 is 0 Å². The van der Waals surface area contributed by atoms with E-state index >= 15 is 0 Å². The highest BCUT2D eigenvalue weighted by Gasteiger charge is 2.48. The first-order valence-corrected chi connectivity index (χ1v) is 10.3. The number of aromatic nitrogens is 1. The van der Waals surface area contributed by atoms with Gasteiger partial charge in [0.05, 0.1) is 18.4 Å². The SMILES string of the molecule is COc1ccc(/C(O)=C2/C(=O)C(=O)N(c3cc(C)ccc3C)C2c2ccccn2)c(C)c1. The highest BCUT2D eigenvalue weighted by atomic mass is 16.5. The van der Waals surface area contributed by atoms with Crippen molar-refractivity contribution in [3.63, 3.8) is 0 Å². The van der Waals surface area contributed by atoms with E-state index in [0.29, 0.717) is 22.7 Å². The lowest BCUT2D eigenvalue weighted by molar-refractivity contribution is -0.132. The van der Waals surface area contributed by atoms with Crippen molar-refractivity contribution in [3.05, 3.63) is 94.3 Å². The second-order valence-corrected chi connectivity index (χ2v) is 7.89. The van der Waals surface area contributed by atoms with E-state index in [0.717, 1.165) is 16.7 Å². The van der Waals surface area contributed by atoms with Crippen molar-refractivity contribution in [1.29, 1.82) is 0 Å². The maximum Gasteiger partial charge on any atom is 0.300 e. The van der Waals surface area contributed by atoms with Crippen LogP contribution >= 0.6 is 0 Å². The molecule has 3 aromatic rings. The Morgan fingerprint density at radius 2 is 1.78 bits per heavy atom. The summed E-state index contributed by atoms with van der Waals surface area (Å²) < 4.78 is 5.25. The highest BCUT2D eigenvalue weighted by Crippen LogP contribution is 2.43. The molecule has 1 saturated heterocycles. The molecule has 0 saturated carbocycles. The lowest BCUT2D eigenvalue weighted by Gasteiger charge is -2.26. The molecule has 1 amide bonds. The smallest absolute Gasteiger partial charge is 0.300 e. The fourth-order valence-electron chi connectivity index (χ4n) is 4.05. The maximum atomic E-state index is 13.3. The van der Waals surface area contributed by atoms with Crippen molar-refractivity contribution < 1.29 is 19.4 Å². The number of aliphatic hydroxyl groups excluding tert-OH is 1. The Hall–Kier alpha value is -3.93. The third-order valence-electron chi connectivity index (χ3n) is 5.73. The number of pyridine rings is 1. The van der Waals surface area contributed by atoms with E-state index in [1.54, 1.807) is 49.7 Å². The average Bonchev–Trinajstić information content (AvgIpc) is 3.06. The van der Waals surface area contributed by atoms with Crippen molar-refractivity contribution in [3.8, 4) is 5.75 Å². The number of carbonyl (C=O) groups excluding carboxylic acids is 2. The summed E-state index contributed by atoms with van der Waals surface area (Å²) >= 11 is 0. The predicted molar refractivity (Wildman–Crippen MR) is 123 cm³/mol. The van der Waals surface area contributed by atoms with Gasteiger partial charge in [0.25, 0.3) is 11.7 Å². The van der Waals surface area contributed by atoms with Crippen molar-refractivity contribution >= 4 is 23.1 Å². The molecule has 6 heteroatoms. The Morgan fingerprint density at radius 1 is 1.00 bits per heavy atom. The fraction of sp³-hybridized carbons (Fsp3) is 0.192. The number of Topliss-reactive ketones (excluding diaryl/α,β-unsaturated/α-hetero) is 1. The van der Waals surface area contributed by atoms with E-state index < -0.39 is 17.7 Å². The molecule has 1 aromatic heterocycles. The molecular weight excluding hydrogens is 404 g/mol. The number of hydrogen-bond acceptors (Lipinski definition) is 5. The van der Waals surface area contributed by atoms with E-state index in [-0.39, 0.29) is 11.3 Å². The first-order valence-electron chi connectivity index (χ1n) is 10.3. The first kappa shape index (κ1) is 21.3. The Morgan fingerprint density at radius 3 is 2.44 bits per heavy atom. The molecule has 4 rings (SSSR count). The van der Waals surface area contributed by atoms with Crippen LogP contribution in [0.25, 0.3) is 5.76 Å². The number of ether oxygens (including phenoxy) is 1. The van der Waals surface area contributed by atoms with Gasteiger partial charge in [-0.05, 0) is 73.9 Å². The Bertz CT molecular complexity index is 1250. The van der Waals surface area contributed by atoms with Gasteiger partial charge in [-0.25, -0.2) is 0 Å². The zero-order chi connectivity index (χ0) is 23.0. The first-order chi connectivity index (χ1) is 15.3. The second kappa shape index (κ2) is 8.30. The van der Waals surface area contributed by atoms with E-state index in [1.807, 2.05) is 39.0 Å². The number of hydrogen-bond donors (Lipinski definition) is 1. The Kier molecular flexibility index (Phi) is 5.53. The molecule has 1 fully saturated rings. The summed E-state index contributed by atoms with van der Waals surface area (Å²) in [6, 6.07) is 15.4. The van der Waals surface area contributed by atoms with Gasteiger partial charge in [-0.2, -0.15) is 0 Å².